The molecular formula is C9H8Cl3N3. The van der Waals surface area contributed by atoms with Crippen LogP contribution in [0.2, 0.25) is 15.1 Å². The Morgan fingerprint density at radius 3 is 2.53 bits per heavy atom. The fourth-order valence-corrected chi connectivity index (χ4v) is 1.95. The van der Waals surface area contributed by atoms with Gasteiger partial charge in [-0.25, -0.2) is 0 Å². The Morgan fingerprint density at radius 2 is 1.93 bits per heavy atom. The summed E-state index contributed by atoms with van der Waals surface area (Å²) < 4.78 is 0. The lowest BCUT2D eigenvalue weighted by Crippen LogP contribution is -2.34. The fourth-order valence-electron chi connectivity index (χ4n) is 1.32. The van der Waals surface area contributed by atoms with E-state index in [0.29, 0.717) is 27.4 Å². The van der Waals surface area contributed by atoms with Crippen molar-refractivity contribution in [3.63, 3.8) is 0 Å². The second kappa shape index (κ2) is 4.00. The summed E-state index contributed by atoms with van der Waals surface area (Å²) in [6, 6.07) is 3.48. The minimum absolute atomic E-state index is 0.350. The quantitative estimate of drug-likeness (QED) is 0.767. The second-order valence-electron chi connectivity index (χ2n) is 3.08. The molecule has 3 N–H and O–H groups in total. The molecule has 15 heavy (non-hydrogen) atoms. The predicted octanol–water partition coefficient (Wildman–Crippen LogP) is 2.77. The molecule has 3 nitrogen and oxygen atoms in total. The van der Waals surface area contributed by atoms with Crippen LogP contribution in [0.5, 0.6) is 0 Å². The number of nitrogens with zero attached hydrogens (tertiary/aromatic N) is 1. The maximum Gasteiger partial charge on any atom is 0.113 e. The van der Waals surface area contributed by atoms with E-state index in [1.165, 1.54) is 0 Å². The highest BCUT2D eigenvalue weighted by molar-refractivity contribution is 6.49. The number of nitrogens with one attached hydrogen (secondary N) is 1. The Balaban J connectivity index is 2.34. The van der Waals surface area contributed by atoms with Gasteiger partial charge in [0.2, 0.25) is 0 Å². The molecule has 1 aromatic rings. The van der Waals surface area contributed by atoms with E-state index < -0.39 is 0 Å². The largest absolute Gasteiger partial charge is 0.384 e. The Labute approximate surface area is 102 Å². The van der Waals surface area contributed by atoms with Gasteiger partial charge < -0.3 is 5.73 Å². The fraction of sp³-hybridized carbons (Fsp3) is 0.111. The van der Waals surface area contributed by atoms with E-state index in [1.54, 1.807) is 17.1 Å². The molecule has 0 atom stereocenters. The molecule has 0 aromatic heterocycles. The Morgan fingerprint density at radius 1 is 1.20 bits per heavy atom. The second-order valence-corrected chi connectivity index (χ2v) is 4.24. The molecule has 1 aromatic carbocycles. The minimum atomic E-state index is 0.350. The van der Waals surface area contributed by atoms with E-state index in [4.69, 9.17) is 40.5 Å². The molecule has 0 radical (unpaired) electrons. The number of hydrogen-bond donors (Lipinski definition) is 2. The lowest BCUT2D eigenvalue weighted by Gasteiger charge is -2.21. The van der Waals surface area contributed by atoms with Crippen LogP contribution >= 0.6 is 34.8 Å². The van der Waals surface area contributed by atoms with Crippen molar-refractivity contribution in [2.45, 2.75) is 0 Å². The van der Waals surface area contributed by atoms with Crippen LogP contribution in [-0.4, -0.2) is 6.54 Å². The number of hydrogen-bond acceptors (Lipinski definition) is 3. The molecule has 1 aliphatic rings. The van der Waals surface area contributed by atoms with Crippen LogP contribution in [0.25, 0.3) is 0 Å². The van der Waals surface area contributed by atoms with Crippen molar-refractivity contribution in [1.29, 1.82) is 0 Å². The minimum Gasteiger partial charge on any atom is -0.384 e. The van der Waals surface area contributed by atoms with Crippen LogP contribution in [0, 0.1) is 0 Å². The van der Waals surface area contributed by atoms with E-state index in [2.05, 4.69) is 5.43 Å². The molecule has 0 saturated heterocycles. The molecule has 0 bridgehead atoms. The summed E-state index contributed by atoms with van der Waals surface area (Å²) in [5.41, 5.74) is 9.28. The van der Waals surface area contributed by atoms with Crippen molar-refractivity contribution in [2.75, 3.05) is 11.6 Å². The monoisotopic (exact) mass is 263 g/mol. The van der Waals surface area contributed by atoms with E-state index in [-0.39, 0.29) is 0 Å². The molecule has 0 fully saturated rings. The van der Waals surface area contributed by atoms with Gasteiger partial charge in [0.05, 0.1) is 27.3 Å². The van der Waals surface area contributed by atoms with E-state index in [1.807, 2.05) is 6.08 Å². The Kier molecular flexibility index (Phi) is 2.87. The SMILES string of the molecule is NC1=CCN(c2ccc(Cl)c(Cl)c2Cl)N1. The highest BCUT2D eigenvalue weighted by Crippen LogP contribution is 2.37. The third-order valence-corrected chi connectivity index (χ3v) is 3.35. The zero-order chi connectivity index (χ0) is 11.0. The van der Waals surface area contributed by atoms with Gasteiger partial charge in [-0.2, -0.15) is 0 Å². The molecule has 0 spiro atoms. The maximum absolute atomic E-state index is 6.06. The summed E-state index contributed by atoms with van der Waals surface area (Å²) >= 11 is 17.8. The summed E-state index contributed by atoms with van der Waals surface area (Å²) in [6.07, 6.45) is 1.85. The summed E-state index contributed by atoms with van der Waals surface area (Å²) in [6.45, 7) is 0.642. The number of nitrogens with two attached hydrogens (primary N) is 1. The van der Waals surface area contributed by atoms with Crippen molar-refractivity contribution >= 4 is 40.5 Å². The normalized spacial score (nSPS) is 15.1. The number of halogens is 3. The highest BCUT2D eigenvalue weighted by Gasteiger charge is 2.17. The first kappa shape index (κ1) is 10.7. The molecule has 0 amide bonds. The molecular weight excluding hydrogens is 256 g/mol. The standard InChI is InChI=1S/C9H8Cl3N3/c10-5-1-2-6(9(12)8(5)11)15-4-3-7(13)14-15/h1-3,14H,4,13H2. The van der Waals surface area contributed by atoms with Crippen LogP contribution in [0.4, 0.5) is 5.69 Å². The van der Waals surface area contributed by atoms with Gasteiger partial charge in [0.1, 0.15) is 5.82 Å². The van der Waals surface area contributed by atoms with Crippen molar-refractivity contribution in [3.05, 3.63) is 39.1 Å². The summed E-state index contributed by atoms with van der Waals surface area (Å²) in [5, 5.41) is 2.99. The van der Waals surface area contributed by atoms with Gasteiger partial charge in [-0.15, -0.1) is 0 Å². The van der Waals surface area contributed by atoms with Crippen molar-refractivity contribution in [1.82, 2.24) is 5.43 Å². The summed E-state index contributed by atoms with van der Waals surface area (Å²) in [4.78, 5) is 0. The van der Waals surface area contributed by atoms with Crippen molar-refractivity contribution in [3.8, 4) is 0 Å². The summed E-state index contributed by atoms with van der Waals surface area (Å²) in [5.74, 6) is 0.595. The predicted molar refractivity (Wildman–Crippen MR) is 64.2 cm³/mol. The first-order chi connectivity index (χ1) is 7.09. The van der Waals surface area contributed by atoms with Crippen LogP contribution in [0.15, 0.2) is 24.0 Å². The Bertz CT molecular complexity index is 431. The van der Waals surface area contributed by atoms with E-state index in [0.717, 1.165) is 5.69 Å². The average molecular weight is 265 g/mol. The van der Waals surface area contributed by atoms with Gasteiger partial charge >= 0.3 is 0 Å². The van der Waals surface area contributed by atoms with Crippen LogP contribution in [-0.2, 0) is 0 Å². The maximum atomic E-state index is 6.06. The van der Waals surface area contributed by atoms with Crippen LogP contribution in [0.3, 0.4) is 0 Å². The van der Waals surface area contributed by atoms with Gasteiger partial charge in [-0.3, -0.25) is 10.4 Å². The molecule has 1 heterocycles. The zero-order valence-corrected chi connectivity index (χ0v) is 9.87. The number of anilines is 1. The molecule has 6 heteroatoms. The van der Waals surface area contributed by atoms with Gasteiger partial charge in [-0.1, -0.05) is 34.8 Å². The smallest absolute Gasteiger partial charge is 0.113 e. The van der Waals surface area contributed by atoms with Gasteiger partial charge in [0.15, 0.2) is 0 Å². The van der Waals surface area contributed by atoms with E-state index in [9.17, 15) is 0 Å². The average Bonchev–Trinajstić information content (AvgIpc) is 2.61. The first-order valence-electron chi connectivity index (χ1n) is 4.23. The third-order valence-electron chi connectivity index (χ3n) is 2.06. The van der Waals surface area contributed by atoms with Gasteiger partial charge in [-0.05, 0) is 18.2 Å². The first-order valence-corrected chi connectivity index (χ1v) is 5.36. The van der Waals surface area contributed by atoms with Gasteiger partial charge in [0, 0.05) is 0 Å². The Hall–Kier alpha value is -0.770. The van der Waals surface area contributed by atoms with Crippen LogP contribution < -0.4 is 16.2 Å². The van der Waals surface area contributed by atoms with E-state index >= 15 is 0 Å². The highest BCUT2D eigenvalue weighted by atomic mass is 35.5. The van der Waals surface area contributed by atoms with Crippen LogP contribution in [0.1, 0.15) is 0 Å². The summed E-state index contributed by atoms with van der Waals surface area (Å²) in [7, 11) is 0. The van der Waals surface area contributed by atoms with Gasteiger partial charge in [0.25, 0.3) is 0 Å². The lowest BCUT2D eigenvalue weighted by molar-refractivity contribution is 0.797. The molecule has 0 saturated carbocycles. The number of hydrazine groups is 1. The molecule has 1 aliphatic heterocycles. The van der Waals surface area contributed by atoms with Crippen molar-refractivity contribution in [2.24, 2.45) is 5.73 Å². The van der Waals surface area contributed by atoms with Crippen molar-refractivity contribution < 1.29 is 0 Å². The lowest BCUT2D eigenvalue weighted by atomic mass is 10.3. The zero-order valence-electron chi connectivity index (χ0n) is 7.60. The number of rotatable bonds is 1. The molecule has 0 aliphatic carbocycles. The molecule has 0 unspecified atom stereocenters. The third kappa shape index (κ3) is 1.95. The number of benzene rings is 1. The topological polar surface area (TPSA) is 41.3 Å². The molecule has 80 valence electrons. The molecule has 2 rings (SSSR count).